The number of rotatable bonds is 4. The maximum absolute atomic E-state index is 11.8. The largest absolute Gasteiger partial charge is 0.418 e. The normalized spacial score (nSPS) is 22.2. The van der Waals surface area contributed by atoms with E-state index in [0.717, 1.165) is 0 Å². The van der Waals surface area contributed by atoms with E-state index >= 15 is 0 Å². The van der Waals surface area contributed by atoms with E-state index in [1.165, 1.54) is 6.42 Å². The summed E-state index contributed by atoms with van der Waals surface area (Å²) in [6, 6.07) is 0.321. The quantitative estimate of drug-likeness (QED) is 0.698. The second kappa shape index (κ2) is 5.11. The smallest absolute Gasteiger partial charge is 0.415 e. The molecule has 0 aromatic rings. The summed E-state index contributed by atoms with van der Waals surface area (Å²) < 4.78 is 5.18. The Labute approximate surface area is 105 Å². The fourth-order valence-electron chi connectivity index (χ4n) is 2.11. The van der Waals surface area contributed by atoms with Gasteiger partial charge in [-0.25, -0.2) is 4.79 Å². The number of hydrogen-bond donors (Lipinski definition) is 0. The van der Waals surface area contributed by atoms with Crippen molar-refractivity contribution < 1.29 is 9.53 Å². The summed E-state index contributed by atoms with van der Waals surface area (Å²) in [7, 11) is 0. The molecule has 0 aromatic carbocycles. The van der Waals surface area contributed by atoms with Crippen molar-refractivity contribution in [1.82, 2.24) is 4.90 Å². The lowest BCUT2D eigenvalue weighted by molar-refractivity contribution is 0.109. The molecule has 0 radical (unpaired) electrons. The Morgan fingerprint density at radius 2 is 1.76 bits per heavy atom. The zero-order chi connectivity index (χ0) is 13.2. The number of allylic oxidation sites excluding steroid dienone is 1. The molecule has 1 rings (SSSR count). The molecule has 0 aliphatic heterocycles. The maximum atomic E-state index is 11.8. The lowest BCUT2D eigenvalue weighted by atomic mass is 10.1. The Hall–Kier alpha value is -0.990. The van der Waals surface area contributed by atoms with Crippen LogP contribution in [0.2, 0.25) is 0 Å². The van der Waals surface area contributed by atoms with Crippen molar-refractivity contribution in [3.05, 3.63) is 12.3 Å². The van der Waals surface area contributed by atoms with Crippen molar-refractivity contribution in [2.75, 3.05) is 0 Å². The van der Waals surface area contributed by atoms with Gasteiger partial charge in [0.05, 0.1) is 6.26 Å². The fraction of sp³-hybridized carbons (Fsp3) is 0.786. The second-order valence-corrected chi connectivity index (χ2v) is 6.11. The average molecular weight is 239 g/mol. The highest BCUT2D eigenvalue weighted by molar-refractivity contribution is 5.69. The van der Waals surface area contributed by atoms with Crippen LogP contribution in [0.5, 0.6) is 0 Å². The summed E-state index contributed by atoms with van der Waals surface area (Å²) in [5.74, 6) is 0.557. The van der Waals surface area contributed by atoms with Gasteiger partial charge in [-0.3, -0.25) is 0 Å². The van der Waals surface area contributed by atoms with E-state index in [-0.39, 0.29) is 18.2 Å². The Bertz CT molecular complexity index is 297. The Balaban J connectivity index is 2.43. The monoisotopic (exact) mass is 239 g/mol. The summed E-state index contributed by atoms with van der Waals surface area (Å²) in [5, 5.41) is 0. The summed E-state index contributed by atoms with van der Waals surface area (Å²) in [5.41, 5.74) is 0.388. The van der Waals surface area contributed by atoms with Gasteiger partial charge in [0.1, 0.15) is 0 Å². The minimum atomic E-state index is -0.260. The van der Waals surface area contributed by atoms with Crippen LogP contribution in [0.1, 0.15) is 48.0 Å². The summed E-state index contributed by atoms with van der Waals surface area (Å²) in [4.78, 5) is 13.6. The van der Waals surface area contributed by atoms with E-state index in [1.54, 1.807) is 11.2 Å². The molecule has 0 bridgehead atoms. The third kappa shape index (κ3) is 3.76. The average Bonchev–Trinajstić information content (AvgIpc) is 2.72. The highest BCUT2D eigenvalue weighted by Crippen LogP contribution is 2.52. The van der Waals surface area contributed by atoms with Crippen LogP contribution >= 0.6 is 0 Å². The van der Waals surface area contributed by atoms with Gasteiger partial charge < -0.3 is 9.64 Å². The van der Waals surface area contributed by atoms with Crippen molar-refractivity contribution in [2.45, 2.75) is 60.0 Å². The summed E-state index contributed by atoms with van der Waals surface area (Å²) in [6.07, 6.45) is 4.47. The first-order valence-electron chi connectivity index (χ1n) is 6.41. The van der Waals surface area contributed by atoms with Crippen molar-refractivity contribution >= 4 is 6.09 Å². The van der Waals surface area contributed by atoms with Gasteiger partial charge in [-0.15, -0.1) is 0 Å². The van der Waals surface area contributed by atoms with Crippen molar-refractivity contribution in [1.29, 1.82) is 0 Å². The van der Waals surface area contributed by atoms with Crippen molar-refractivity contribution in [3.8, 4) is 0 Å². The number of hydrogen-bond acceptors (Lipinski definition) is 2. The van der Waals surface area contributed by atoms with E-state index in [9.17, 15) is 4.79 Å². The van der Waals surface area contributed by atoms with Crippen molar-refractivity contribution in [3.63, 3.8) is 0 Å². The van der Waals surface area contributed by atoms with E-state index in [4.69, 9.17) is 4.74 Å². The van der Waals surface area contributed by atoms with Crippen LogP contribution in [0.15, 0.2) is 12.3 Å². The molecule has 3 heteroatoms. The zero-order valence-electron chi connectivity index (χ0n) is 11.9. The second-order valence-electron chi connectivity index (χ2n) is 6.11. The topological polar surface area (TPSA) is 29.5 Å². The number of carbonyl (C=O) groups excluding carboxylic acids is 1. The molecule has 1 atom stereocenters. The molecule has 0 spiro atoms. The number of nitrogens with zero attached hydrogens (tertiary/aromatic N) is 1. The number of ether oxygens (including phenoxy) is 1. The molecule has 1 amide bonds. The Kier molecular flexibility index (Phi) is 4.23. The number of amides is 1. The van der Waals surface area contributed by atoms with Crippen LogP contribution in [0.3, 0.4) is 0 Å². The van der Waals surface area contributed by atoms with Crippen LogP contribution in [0.4, 0.5) is 4.79 Å². The summed E-state index contributed by atoms with van der Waals surface area (Å²) >= 11 is 0. The van der Waals surface area contributed by atoms with Gasteiger partial charge in [0.15, 0.2) is 0 Å². The standard InChI is InChI=1S/C14H25NO2/c1-10(2)15(11(3)4)13(16)17-8-7-12-9-14(12,5)6/h7-8,10-12H,9H2,1-6H3/b8-7-/t12-/m0/s1. The molecule has 0 aromatic heterocycles. The minimum absolute atomic E-state index is 0.160. The van der Waals surface area contributed by atoms with Crippen LogP contribution < -0.4 is 0 Å². The summed E-state index contributed by atoms with van der Waals surface area (Å²) in [6.45, 7) is 12.4. The molecule has 1 aliphatic rings. The molecular formula is C14H25NO2. The molecule has 1 fully saturated rings. The van der Waals surface area contributed by atoms with Crippen LogP contribution in [0.25, 0.3) is 0 Å². The van der Waals surface area contributed by atoms with E-state index in [1.807, 2.05) is 33.8 Å². The van der Waals surface area contributed by atoms with Crippen LogP contribution in [0, 0.1) is 11.3 Å². The van der Waals surface area contributed by atoms with Gasteiger partial charge in [0.25, 0.3) is 0 Å². The molecule has 0 heterocycles. The van der Waals surface area contributed by atoms with Gasteiger partial charge in [-0.1, -0.05) is 13.8 Å². The molecule has 1 aliphatic carbocycles. The molecule has 1 saturated carbocycles. The molecule has 0 N–H and O–H groups in total. The predicted molar refractivity (Wildman–Crippen MR) is 69.6 cm³/mol. The van der Waals surface area contributed by atoms with Gasteiger partial charge in [0.2, 0.25) is 0 Å². The minimum Gasteiger partial charge on any atom is -0.418 e. The maximum Gasteiger partial charge on any atom is 0.415 e. The lowest BCUT2D eigenvalue weighted by Gasteiger charge is -2.28. The third-order valence-corrected chi connectivity index (χ3v) is 3.39. The van der Waals surface area contributed by atoms with Gasteiger partial charge in [0, 0.05) is 12.1 Å². The highest BCUT2D eigenvalue weighted by Gasteiger charge is 2.43. The first-order valence-corrected chi connectivity index (χ1v) is 6.41. The molecule has 17 heavy (non-hydrogen) atoms. The fourth-order valence-corrected chi connectivity index (χ4v) is 2.11. The SMILES string of the molecule is CC(C)N(C(=O)O/C=C\[C@H]1CC1(C)C)C(C)C. The third-order valence-electron chi connectivity index (χ3n) is 3.39. The van der Waals surface area contributed by atoms with Crippen molar-refractivity contribution in [2.24, 2.45) is 11.3 Å². The molecule has 3 nitrogen and oxygen atoms in total. The predicted octanol–water partition coefficient (Wildman–Crippen LogP) is 3.80. The first kappa shape index (κ1) is 14.1. The molecular weight excluding hydrogens is 214 g/mol. The number of carbonyl (C=O) groups is 1. The van der Waals surface area contributed by atoms with Gasteiger partial charge in [-0.05, 0) is 51.5 Å². The first-order chi connectivity index (χ1) is 7.75. The van der Waals surface area contributed by atoms with Gasteiger partial charge >= 0.3 is 6.09 Å². The molecule has 0 unspecified atom stereocenters. The van der Waals surface area contributed by atoms with E-state index < -0.39 is 0 Å². The molecule has 0 saturated heterocycles. The van der Waals surface area contributed by atoms with Crippen LogP contribution in [-0.4, -0.2) is 23.1 Å². The zero-order valence-corrected chi connectivity index (χ0v) is 11.9. The Morgan fingerprint density at radius 1 is 1.29 bits per heavy atom. The highest BCUT2D eigenvalue weighted by atomic mass is 16.5. The lowest BCUT2D eigenvalue weighted by Crippen LogP contribution is -2.41. The van der Waals surface area contributed by atoms with E-state index in [2.05, 4.69) is 13.8 Å². The Morgan fingerprint density at radius 3 is 2.12 bits per heavy atom. The molecule has 98 valence electrons. The van der Waals surface area contributed by atoms with Crippen LogP contribution in [-0.2, 0) is 4.74 Å². The van der Waals surface area contributed by atoms with Gasteiger partial charge in [-0.2, -0.15) is 0 Å². The van der Waals surface area contributed by atoms with E-state index in [0.29, 0.717) is 11.3 Å².